The van der Waals surface area contributed by atoms with Crippen molar-refractivity contribution in [1.29, 1.82) is 0 Å². The summed E-state index contributed by atoms with van der Waals surface area (Å²) in [7, 11) is 0. The molecule has 1 atom stereocenters. The summed E-state index contributed by atoms with van der Waals surface area (Å²) in [5.41, 5.74) is 4.35. The van der Waals surface area contributed by atoms with E-state index in [2.05, 4.69) is 5.32 Å². The Hall–Kier alpha value is -1.60. The lowest BCUT2D eigenvalue weighted by molar-refractivity contribution is -0.121. The van der Waals surface area contributed by atoms with E-state index in [1.165, 1.54) is 0 Å². The third-order valence-electron chi connectivity index (χ3n) is 2.75. The fourth-order valence-corrected chi connectivity index (χ4v) is 1.64. The summed E-state index contributed by atoms with van der Waals surface area (Å²) in [6.07, 6.45) is 0.311. The van der Waals surface area contributed by atoms with Crippen LogP contribution in [-0.2, 0) is 9.53 Å². The molecule has 7 heteroatoms. The third kappa shape index (κ3) is 2.32. The Kier molecular flexibility index (Phi) is 3.27. The summed E-state index contributed by atoms with van der Waals surface area (Å²) < 4.78 is 43.6. The maximum absolute atomic E-state index is 12.9. The fraction of sp³-hybridized carbons (Fsp3) is 0.364. The van der Waals surface area contributed by atoms with E-state index in [1.807, 2.05) is 0 Å². The van der Waals surface area contributed by atoms with Crippen molar-refractivity contribution in [3.8, 4) is 0 Å². The molecule has 1 aromatic rings. The Labute approximate surface area is 101 Å². The predicted molar refractivity (Wildman–Crippen MR) is 57.3 cm³/mol. The first-order valence-corrected chi connectivity index (χ1v) is 5.25. The second-order valence-corrected chi connectivity index (χ2v) is 4.17. The first-order valence-electron chi connectivity index (χ1n) is 5.25. The highest BCUT2D eigenvalue weighted by atomic mass is 19.2. The molecule has 2 rings (SSSR count). The summed E-state index contributed by atoms with van der Waals surface area (Å²) in [4.78, 5) is 11.8. The highest BCUT2D eigenvalue weighted by Gasteiger charge is 2.38. The van der Waals surface area contributed by atoms with E-state index in [4.69, 9.17) is 10.5 Å². The molecule has 0 saturated carbocycles. The van der Waals surface area contributed by atoms with Gasteiger partial charge in [-0.1, -0.05) is 0 Å². The lowest BCUT2D eigenvalue weighted by Crippen LogP contribution is -2.51. The van der Waals surface area contributed by atoms with Gasteiger partial charge in [-0.25, -0.2) is 13.2 Å². The highest BCUT2D eigenvalue weighted by molar-refractivity contribution is 5.98. The third-order valence-corrected chi connectivity index (χ3v) is 2.75. The normalized spacial score (nSPS) is 23.1. The van der Waals surface area contributed by atoms with Gasteiger partial charge in [0.1, 0.15) is 5.54 Å². The van der Waals surface area contributed by atoms with Crippen molar-refractivity contribution < 1.29 is 22.7 Å². The van der Waals surface area contributed by atoms with E-state index >= 15 is 0 Å². The minimum absolute atomic E-state index is 0.0327. The van der Waals surface area contributed by atoms with Crippen molar-refractivity contribution in [2.75, 3.05) is 18.5 Å². The van der Waals surface area contributed by atoms with Gasteiger partial charge in [-0.15, -0.1) is 0 Å². The summed E-state index contributed by atoms with van der Waals surface area (Å²) >= 11 is 0. The zero-order valence-corrected chi connectivity index (χ0v) is 9.30. The monoisotopic (exact) mass is 260 g/mol. The Morgan fingerprint density at radius 1 is 1.33 bits per heavy atom. The number of nitrogens with two attached hydrogens (primary N) is 1. The molecule has 3 N–H and O–H groups in total. The maximum Gasteiger partial charge on any atom is 0.246 e. The SMILES string of the molecule is NC1(C(=O)Nc2cc(F)c(F)c(F)c2)CCOC1. The molecule has 1 saturated heterocycles. The van der Waals surface area contributed by atoms with Crippen molar-refractivity contribution >= 4 is 11.6 Å². The predicted octanol–water partition coefficient (Wildman–Crippen LogP) is 1.16. The molecule has 1 unspecified atom stereocenters. The van der Waals surface area contributed by atoms with Crippen LogP contribution in [0.25, 0.3) is 0 Å². The number of amides is 1. The van der Waals surface area contributed by atoms with Crippen LogP contribution in [0.15, 0.2) is 12.1 Å². The first kappa shape index (κ1) is 12.8. The number of nitrogens with one attached hydrogen (secondary N) is 1. The molecular formula is C11H11F3N2O2. The number of hydrogen-bond donors (Lipinski definition) is 2. The van der Waals surface area contributed by atoms with Gasteiger partial charge in [0.25, 0.3) is 0 Å². The van der Waals surface area contributed by atoms with Crippen molar-refractivity contribution in [3.05, 3.63) is 29.6 Å². The van der Waals surface area contributed by atoms with Crippen molar-refractivity contribution in [1.82, 2.24) is 0 Å². The lowest BCUT2D eigenvalue weighted by Gasteiger charge is -2.20. The van der Waals surface area contributed by atoms with E-state index in [0.29, 0.717) is 25.2 Å². The minimum atomic E-state index is -1.58. The van der Waals surface area contributed by atoms with Crippen LogP contribution in [0.1, 0.15) is 6.42 Å². The number of hydrogen-bond acceptors (Lipinski definition) is 3. The molecule has 1 aliphatic rings. The van der Waals surface area contributed by atoms with Crippen LogP contribution in [0.3, 0.4) is 0 Å². The van der Waals surface area contributed by atoms with Crippen molar-refractivity contribution in [2.24, 2.45) is 5.73 Å². The average Bonchev–Trinajstić information content (AvgIpc) is 2.74. The molecular weight excluding hydrogens is 249 g/mol. The molecule has 18 heavy (non-hydrogen) atoms. The molecule has 1 amide bonds. The van der Waals surface area contributed by atoms with Gasteiger partial charge in [0.15, 0.2) is 17.5 Å². The molecule has 98 valence electrons. The molecule has 0 bridgehead atoms. The van der Waals surface area contributed by atoms with E-state index in [1.54, 1.807) is 0 Å². The van der Waals surface area contributed by atoms with Crippen molar-refractivity contribution in [2.45, 2.75) is 12.0 Å². The van der Waals surface area contributed by atoms with Gasteiger partial charge in [-0.05, 0) is 6.42 Å². The number of ether oxygens (including phenoxy) is 1. The molecule has 0 spiro atoms. The van der Waals surface area contributed by atoms with Gasteiger partial charge in [-0.2, -0.15) is 0 Å². The smallest absolute Gasteiger partial charge is 0.246 e. The number of benzene rings is 1. The summed E-state index contributed by atoms with van der Waals surface area (Å²) in [6.45, 7) is 0.376. The minimum Gasteiger partial charge on any atom is -0.379 e. The Morgan fingerprint density at radius 2 is 1.94 bits per heavy atom. The zero-order valence-electron chi connectivity index (χ0n) is 9.30. The second-order valence-electron chi connectivity index (χ2n) is 4.17. The van der Waals surface area contributed by atoms with Crippen molar-refractivity contribution in [3.63, 3.8) is 0 Å². The molecule has 1 aromatic carbocycles. The van der Waals surface area contributed by atoms with Crippen LogP contribution in [-0.4, -0.2) is 24.7 Å². The van der Waals surface area contributed by atoms with Crippen LogP contribution in [0.4, 0.5) is 18.9 Å². The van der Waals surface area contributed by atoms with Gasteiger partial charge >= 0.3 is 0 Å². The molecule has 0 aliphatic carbocycles. The van der Waals surface area contributed by atoms with Crippen LogP contribution in [0.5, 0.6) is 0 Å². The molecule has 1 heterocycles. The van der Waals surface area contributed by atoms with Crippen LogP contribution >= 0.6 is 0 Å². The highest BCUT2D eigenvalue weighted by Crippen LogP contribution is 2.21. The largest absolute Gasteiger partial charge is 0.379 e. The van der Waals surface area contributed by atoms with E-state index in [0.717, 1.165) is 0 Å². The van der Waals surface area contributed by atoms with Crippen LogP contribution in [0, 0.1) is 17.5 Å². The van der Waals surface area contributed by atoms with E-state index in [-0.39, 0.29) is 12.3 Å². The van der Waals surface area contributed by atoms with E-state index in [9.17, 15) is 18.0 Å². The van der Waals surface area contributed by atoms with Crippen LogP contribution < -0.4 is 11.1 Å². The van der Waals surface area contributed by atoms with Gasteiger partial charge in [0.2, 0.25) is 5.91 Å². The first-order chi connectivity index (χ1) is 8.42. The van der Waals surface area contributed by atoms with Crippen LogP contribution in [0.2, 0.25) is 0 Å². The fourth-order valence-electron chi connectivity index (χ4n) is 1.64. The number of anilines is 1. The Balaban J connectivity index is 2.17. The molecule has 4 nitrogen and oxygen atoms in total. The van der Waals surface area contributed by atoms with Gasteiger partial charge in [0, 0.05) is 24.4 Å². The summed E-state index contributed by atoms with van der Waals surface area (Å²) in [5.74, 6) is -4.96. The summed E-state index contributed by atoms with van der Waals surface area (Å²) in [6, 6.07) is 1.38. The molecule has 1 fully saturated rings. The van der Waals surface area contributed by atoms with Gasteiger partial charge in [0.05, 0.1) is 6.61 Å². The number of carbonyl (C=O) groups excluding carboxylic acids is 1. The van der Waals surface area contributed by atoms with Gasteiger partial charge in [-0.3, -0.25) is 4.79 Å². The topological polar surface area (TPSA) is 64.4 Å². The zero-order chi connectivity index (χ0) is 13.3. The number of rotatable bonds is 2. The summed E-state index contributed by atoms with van der Waals surface area (Å²) in [5, 5.41) is 2.24. The Morgan fingerprint density at radius 3 is 2.44 bits per heavy atom. The van der Waals surface area contributed by atoms with Gasteiger partial charge < -0.3 is 15.8 Å². The maximum atomic E-state index is 12.9. The average molecular weight is 260 g/mol. The molecule has 0 aromatic heterocycles. The second kappa shape index (κ2) is 4.58. The standard InChI is InChI=1S/C11H11F3N2O2/c12-7-3-6(4-8(13)9(7)14)16-10(17)11(15)1-2-18-5-11/h3-4H,1-2,5,15H2,(H,16,17). The Bertz CT molecular complexity index is 464. The molecule has 0 radical (unpaired) electrons. The quantitative estimate of drug-likeness (QED) is 0.784. The van der Waals surface area contributed by atoms with E-state index < -0.39 is 28.9 Å². The number of halogens is 3. The lowest BCUT2D eigenvalue weighted by atomic mass is 9.99. The molecule has 1 aliphatic heterocycles. The number of carbonyl (C=O) groups is 1.